The molecule has 5 nitrogen and oxygen atoms in total. The van der Waals surface area contributed by atoms with Gasteiger partial charge in [-0.2, -0.15) is 11.8 Å². The highest BCUT2D eigenvalue weighted by Crippen LogP contribution is 2.33. The molecular formula is C23H32N2O3S. The van der Waals surface area contributed by atoms with Crippen molar-refractivity contribution in [3.63, 3.8) is 0 Å². The first-order valence-corrected chi connectivity index (χ1v) is 11.5. The molecule has 0 saturated carbocycles. The standard InChI is InChI=1S/C23H32N2O3S/c1-4-5-6-14-24-22-20(16-29-3)19(11-12-21(22)28-2)23(27)25-15-13-17-7-9-18(26)10-8-17/h7-12,24,26H,4-6,13-16H2,1-3H3,(H,25,27). The highest BCUT2D eigenvalue weighted by Gasteiger charge is 2.18. The quantitative estimate of drug-likeness (QED) is 0.432. The van der Waals surface area contributed by atoms with Gasteiger partial charge in [-0.25, -0.2) is 0 Å². The van der Waals surface area contributed by atoms with Crippen molar-refractivity contribution in [1.82, 2.24) is 5.32 Å². The van der Waals surface area contributed by atoms with E-state index in [-0.39, 0.29) is 11.7 Å². The molecule has 0 aromatic heterocycles. The second kappa shape index (κ2) is 12.3. The number of amides is 1. The minimum absolute atomic E-state index is 0.0768. The number of phenolic OH excluding ortho intramolecular Hbond substituents is 1. The second-order valence-corrected chi connectivity index (χ2v) is 7.77. The molecule has 6 heteroatoms. The average molecular weight is 417 g/mol. The summed E-state index contributed by atoms with van der Waals surface area (Å²) in [6, 6.07) is 10.8. The van der Waals surface area contributed by atoms with Crippen LogP contribution in [-0.4, -0.2) is 37.5 Å². The van der Waals surface area contributed by atoms with E-state index in [1.54, 1.807) is 31.0 Å². The Morgan fingerprint density at radius 2 is 1.86 bits per heavy atom. The largest absolute Gasteiger partial charge is 0.508 e. The van der Waals surface area contributed by atoms with Crippen LogP contribution in [0.15, 0.2) is 36.4 Å². The topological polar surface area (TPSA) is 70.6 Å². The van der Waals surface area contributed by atoms with E-state index in [4.69, 9.17) is 4.74 Å². The third kappa shape index (κ3) is 6.89. The van der Waals surface area contributed by atoms with Crippen molar-refractivity contribution in [1.29, 1.82) is 0 Å². The van der Waals surface area contributed by atoms with Crippen LogP contribution in [0, 0.1) is 0 Å². The summed E-state index contributed by atoms with van der Waals surface area (Å²) in [4.78, 5) is 12.9. The molecular weight excluding hydrogens is 384 g/mol. The van der Waals surface area contributed by atoms with Gasteiger partial charge in [0.25, 0.3) is 5.91 Å². The maximum absolute atomic E-state index is 12.9. The number of hydrogen-bond donors (Lipinski definition) is 3. The van der Waals surface area contributed by atoms with Crippen molar-refractivity contribution in [2.24, 2.45) is 0 Å². The highest BCUT2D eigenvalue weighted by atomic mass is 32.2. The lowest BCUT2D eigenvalue weighted by molar-refractivity contribution is 0.0953. The normalized spacial score (nSPS) is 10.6. The van der Waals surface area contributed by atoms with Crippen LogP contribution in [0.4, 0.5) is 5.69 Å². The minimum atomic E-state index is -0.0768. The first-order chi connectivity index (χ1) is 14.1. The molecule has 2 aromatic carbocycles. The summed E-state index contributed by atoms with van der Waals surface area (Å²) in [5, 5.41) is 15.9. The molecule has 0 atom stereocenters. The molecule has 29 heavy (non-hydrogen) atoms. The van der Waals surface area contributed by atoms with E-state index >= 15 is 0 Å². The monoisotopic (exact) mass is 416 g/mol. The van der Waals surface area contributed by atoms with Gasteiger partial charge >= 0.3 is 0 Å². The van der Waals surface area contributed by atoms with Crippen molar-refractivity contribution in [3.8, 4) is 11.5 Å². The summed E-state index contributed by atoms with van der Waals surface area (Å²) < 4.78 is 5.55. The average Bonchev–Trinajstić information content (AvgIpc) is 2.73. The fourth-order valence-electron chi connectivity index (χ4n) is 3.16. The van der Waals surface area contributed by atoms with E-state index in [0.29, 0.717) is 18.5 Å². The van der Waals surface area contributed by atoms with Gasteiger partial charge < -0.3 is 20.5 Å². The fraction of sp³-hybridized carbons (Fsp3) is 0.435. The summed E-state index contributed by atoms with van der Waals surface area (Å²) >= 11 is 1.69. The number of aromatic hydroxyl groups is 1. The summed E-state index contributed by atoms with van der Waals surface area (Å²) in [5.41, 5.74) is 3.66. The van der Waals surface area contributed by atoms with Crippen molar-refractivity contribution >= 4 is 23.4 Å². The van der Waals surface area contributed by atoms with Crippen molar-refractivity contribution < 1.29 is 14.6 Å². The lowest BCUT2D eigenvalue weighted by Gasteiger charge is -2.19. The van der Waals surface area contributed by atoms with Gasteiger partial charge in [0, 0.05) is 30.0 Å². The number of hydrogen-bond acceptors (Lipinski definition) is 5. The van der Waals surface area contributed by atoms with Crippen LogP contribution in [0.1, 0.15) is 47.7 Å². The molecule has 0 unspecified atom stereocenters. The molecule has 3 N–H and O–H groups in total. The van der Waals surface area contributed by atoms with Crippen LogP contribution in [0.25, 0.3) is 0 Å². The van der Waals surface area contributed by atoms with Gasteiger partial charge in [-0.15, -0.1) is 0 Å². The molecule has 0 spiro atoms. The van der Waals surface area contributed by atoms with Crippen LogP contribution in [0.5, 0.6) is 11.5 Å². The molecule has 0 aliphatic carbocycles. The summed E-state index contributed by atoms with van der Waals surface area (Å²) in [7, 11) is 1.66. The first kappa shape index (κ1) is 22.9. The van der Waals surface area contributed by atoms with Gasteiger partial charge in [0.05, 0.1) is 12.8 Å². The fourth-order valence-corrected chi connectivity index (χ4v) is 3.75. The van der Waals surface area contributed by atoms with Crippen molar-refractivity contribution in [2.45, 2.75) is 38.4 Å². The van der Waals surface area contributed by atoms with Crippen LogP contribution in [0.3, 0.4) is 0 Å². The number of methoxy groups -OCH3 is 1. The Labute approximate surface area is 178 Å². The summed E-state index contributed by atoms with van der Waals surface area (Å²) in [6.45, 7) is 3.58. The predicted octanol–water partition coefficient (Wildman–Crippen LogP) is 4.84. The minimum Gasteiger partial charge on any atom is -0.508 e. The summed E-state index contributed by atoms with van der Waals surface area (Å²) in [6.07, 6.45) is 6.17. The third-order valence-corrected chi connectivity index (χ3v) is 5.32. The van der Waals surface area contributed by atoms with Crippen LogP contribution < -0.4 is 15.4 Å². The Bertz CT molecular complexity index is 778. The van der Waals surface area contributed by atoms with Crippen molar-refractivity contribution in [2.75, 3.05) is 31.8 Å². The zero-order chi connectivity index (χ0) is 21.1. The number of rotatable bonds is 12. The zero-order valence-electron chi connectivity index (χ0n) is 17.6. The number of anilines is 1. The van der Waals surface area contributed by atoms with E-state index in [2.05, 4.69) is 17.6 Å². The van der Waals surface area contributed by atoms with Crippen LogP contribution in [0.2, 0.25) is 0 Å². The van der Waals surface area contributed by atoms with Gasteiger partial charge in [0.2, 0.25) is 0 Å². The number of benzene rings is 2. The molecule has 0 fully saturated rings. The Kier molecular flexibility index (Phi) is 9.71. The van der Waals surface area contributed by atoms with E-state index in [1.165, 1.54) is 12.8 Å². The number of carbonyl (C=O) groups excluding carboxylic acids is 1. The van der Waals surface area contributed by atoms with E-state index in [9.17, 15) is 9.90 Å². The SMILES string of the molecule is CCCCCNc1c(OC)ccc(C(=O)NCCc2ccc(O)cc2)c1CSC. The smallest absolute Gasteiger partial charge is 0.251 e. The number of thioether (sulfide) groups is 1. The lowest BCUT2D eigenvalue weighted by atomic mass is 10.0. The number of carbonyl (C=O) groups is 1. The molecule has 0 aliphatic rings. The summed E-state index contributed by atoms with van der Waals surface area (Å²) in [5.74, 6) is 1.67. The Hall–Kier alpha value is -2.34. The molecule has 0 aliphatic heterocycles. The third-order valence-electron chi connectivity index (χ3n) is 4.75. The number of unbranched alkanes of at least 4 members (excludes halogenated alkanes) is 2. The molecule has 0 saturated heterocycles. The maximum atomic E-state index is 12.9. The van der Waals surface area contributed by atoms with Gasteiger partial charge in [-0.05, 0) is 48.9 Å². The Morgan fingerprint density at radius 3 is 2.52 bits per heavy atom. The lowest BCUT2D eigenvalue weighted by Crippen LogP contribution is -2.27. The molecule has 158 valence electrons. The molecule has 2 aromatic rings. The molecule has 2 rings (SSSR count). The molecule has 0 radical (unpaired) electrons. The van der Waals surface area contributed by atoms with Gasteiger partial charge in [0.15, 0.2) is 0 Å². The van der Waals surface area contributed by atoms with Gasteiger partial charge in [-0.1, -0.05) is 31.9 Å². The van der Waals surface area contributed by atoms with Crippen LogP contribution in [-0.2, 0) is 12.2 Å². The number of nitrogens with one attached hydrogen (secondary N) is 2. The number of ether oxygens (including phenoxy) is 1. The van der Waals surface area contributed by atoms with E-state index in [1.807, 2.05) is 30.5 Å². The van der Waals surface area contributed by atoms with Crippen LogP contribution >= 0.6 is 11.8 Å². The Balaban J connectivity index is 2.11. The predicted molar refractivity (Wildman–Crippen MR) is 122 cm³/mol. The van der Waals surface area contributed by atoms with E-state index < -0.39 is 0 Å². The van der Waals surface area contributed by atoms with Crippen molar-refractivity contribution in [3.05, 3.63) is 53.1 Å². The first-order valence-electron chi connectivity index (χ1n) is 10.1. The zero-order valence-corrected chi connectivity index (χ0v) is 18.4. The molecule has 0 bridgehead atoms. The van der Waals surface area contributed by atoms with Gasteiger partial charge in [0.1, 0.15) is 11.5 Å². The van der Waals surface area contributed by atoms with E-state index in [0.717, 1.165) is 41.3 Å². The molecule has 0 heterocycles. The maximum Gasteiger partial charge on any atom is 0.251 e. The number of phenols is 1. The Morgan fingerprint density at radius 1 is 1.10 bits per heavy atom. The van der Waals surface area contributed by atoms with Gasteiger partial charge in [-0.3, -0.25) is 4.79 Å². The second-order valence-electron chi connectivity index (χ2n) is 6.91. The highest BCUT2D eigenvalue weighted by molar-refractivity contribution is 7.97. The molecule has 1 amide bonds.